The van der Waals surface area contributed by atoms with Gasteiger partial charge in [-0.2, -0.15) is 0 Å². The number of benzene rings is 1. The Balaban J connectivity index is 1.91. The molecule has 20 heavy (non-hydrogen) atoms. The number of rotatable bonds is 7. The van der Waals surface area contributed by atoms with Gasteiger partial charge in [0.25, 0.3) is 0 Å². The summed E-state index contributed by atoms with van der Waals surface area (Å²) in [5.74, 6) is 1.08. The third-order valence-corrected chi connectivity index (χ3v) is 6.11. The topological polar surface area (TPSA) is 12.0 Å². The van der Waals surface area contributed by atoms with E-state index < -0.39 is 0 Å². The van der Waals surface area contributed by atoms with Crippen LogP contribution in [-0.4, -0.2) is 18.3 Å². The highest BCUT2D eigenvalue weighted by atomic mass is 79.9. The van der Waals surface area contributed by atoms with Crippen LogP contribution in [0, 0.1) is 0 Å². The molecule has 0 saturated heterocycles. The third kappa shape index (κ3) is 5.53. The Kier molecular flexibility index (Phi) is 7.11. The molecule has 1 heterocycles. The summed E-state index contributed by atoms with van der Waals surface area (Å²) in [5, 5.41) is 3.58. The number of nitrogens with one attached hydrogen (secondary N) is 1. The Bertz CT molecular complexity index is 542. The van der Waals surface area contributed by atoms with Crippen LogP contribution < -0.4 is 5.32 Å². The largest absolute Gasteiger partial charge is 0.313 e. The van der Waals surface area contributed by atoms with Crippen LogP contribution in [0.2, 0.25) is 0 Å². The number of halogens is 2. The number of thioether (sulfide) groups is 1. The molecule has 0 fully saturated rings. The van der Waals surface area contributed by atoms with E-state index in [-0.39, 0.29) is 0 Å². The Labute approximate surface area is 145 Å². The number of hydrogen-bond donors (Lipinski definition) is 1. The summed E-state index contributed by atoms with van der Waals surface area (Å²) < 4.78 is 2.35. The molecule has 108 valence electrons. The van der Waals surface area contributed by atoms with E-state index in [9.17, 15) is 0 Å². The van der Waals surface area contributed by atoms with Crippen molar-refractivity contribution in [2.45, 2.75) is 24.3 Å². The predicted octanol–water partition coefficient (Wildman–Crippen LogP) is 5.59. The Hall–Kier alpha value is 0.190. The van der Waals surface area contributed by atoms with Crippen molar-refractivity contribution in [3.8, 4) is 0 Å². The van der Waals surface area contributed by atoms with E-state index in [2.05, 4.69) is 80.5 Å². The molecule has 1 atom stereocenters. The minimum Gasteiger partial charge on any atom is -0.313 e. The average Bonchev–Trinajstić information content (AvgIpc) is 2.82. The molecule has 0 bridgehead atoms. The highest BCUT2D eigenvalue weighted by Crippen LogP contribution is 2.26. The van der Waals surface area contributed by atoms with Gasteiger partial charge in [-0.1, -0.05) is 28.9 Å². The average molecular weight is 435 g/mol. The van der Waals surface area contributed by atoms with Crippen molar-refractivity contribution in [2.24, 2.45) is 0 Å². The zero-order valence-corrected chi connectivity index (χ0v) is 16.0. The molecule has 5 heteroatoms. The lowest BCUT2D eigenvalue weighted by molar-refractivity contribution is 0.576. The standard InChI is InChI=1S/C15H17Br2NS2/c1-2-18-12(9-14-6-7-15(17)20-14)10-19-13-5-3-4-11(16)8-13/h3-8,12,18H,2,9-10H2,1H3. The maximum Gasteiger partial charge on any atom is 0.0701 e. The van der Waals surface area contributed by atoms with Crippen LogP contribution in [0.5, 0.6) is 0 Å². The molecule has 1 unspecified atom stereocenters. The first-order valence-electron chi connectivity index (χ1n) is 6.53. The van der Waals surface area contributed by atoms with E-state index in [0.717, 1.165) is 23.2 Å². The van der Waals surface area contributed by atoms with Gasteiger partial charge >= 0.3 is 0 Å². The van der Waals surface area contributed by atoms with E-state index in [4.69, 9.17) is 0 Å². The Morgan fingerprint density at radius 1 is 1.25 bits per heavy atom. The summed E-state index contributed by atoms with van der Waals surface area (Å²) in [6.07, 6.45) is 1.09. The second kappa shape index (κ2) is 8.59. The molecular weight excluding hydrogens is 418 g/mol. The van der Waals surface area contributed by atoms with Gasteiger partial charge in [0.05, 0.1) is 3.79 Å². The molecule has 1 nitrogen and oxygen atoms in total. The predicted molar refractivity (Wildman–Crippen MR) is 98.1 cm³/mol. The van der Waals surface area contributed by atoms with Gasteiger partial charge in [-0.3, -0.25) is 0 Å². The lowest BCUT2D eigenvalue weighted by Gasteiger charge is -2.16. The summed E-state index contributed by atoms with van der Waals surface area (Å²) in [6.45, 7) is 3.18. The van der Waals surface area contributed by atoms with E-state index in [1.807, 2.05) is 23.1 Å². The van der Waals surface area contributed by atoms with E-state index in [0.29, 0.717) is 6.04 Å². The Morgan fingerprint density at radius 2 is 2.10 bits per heavy atom. The van der Waals surface area contributed by atoms with Crippen molar-refractivity contribution in [1.82, 2.24) is 5.32 Å². The summed E-state index contributed by atoms with van der Waals surface area (Å²) in [4.78, 5) is 2.74. The fourth-order valence-electron chi connectivity index (χ4n) is 1.94. The van der Waals surface area contributed by atoms with E-state index >= 15 is 0 Å². The molecular formula is C15H17Br2NS2. The van der Waals surface area contributed by atoms with Gasteiger partial charge in [-0.15, -0.1) is 23.1 Å². The lowest BCUT2D eigenvalue weighted by Crippen LogP contribution is -2.32. The maximum absolute atomic E-state index is 3.58. The fraction of sp³-hybridized carbons (Fsp3) is 0.333. The summed E-state index contributed by atoms with van der Waals surface area (Å²) in [7, 11) is 0. The van der Waals surface area contributed by atoms with Crippen molar-refractivity contribution in [2.75, 3.05) is 12.3 Å². The molecule has 0 aliphatic heterocycles. The third-order valence-electron chi connectivity index (χ3n) is 2.82. The molecule has 0 aliphatic rings. The van der Waals surface area contributed by atoms with E-state index in [1.165, 1.54) is 13.6 Å². The van der Waals surface area contributed by atoms with Crippen molar-refractivity contribution < 1.29 is 0 Å². The molecule has 0 saturated carbocycles. The zero-order valence-electron chi connectivity index (χ0n) is 11.2. The summed E-state index contributed by atoms with van der Waals surface area (Å²) in [5.41, 5.74) is 0. The van der Waals surface area contributed by atoms with Crippen LogP contribution in [0.4, 0.5) is 0 Å². The van der Waals surface area contributed by atoms with Gasteiger partial charge < -0.3 is 5.32 Å². The van der Waals surface area contributed by atoms with Crippen molar-refractivity contribution in [1.29, 1.82) is 0 Å². The zero-order chi connectivity index (χ0) is 14.4. The fourth-order valence-corrected chi connectivity index (χ4v) is 5.06. The molecule has 0 radical (unpaired) electrons. The minimum absolute atomic E-state index is 0.509. The molecule has 2 rings (SSSR count). The quantitative estimate of drug-likeness (QED) is 0.570. The number of likely N-dealkylation sites (N-methyl/N-ethyl adjacent to an activating group) is 1. The number of thiophene rings is 1. The van der Waals surface area contributed by atoms with E-state index in [1.54, 1.807) is 0 Å². The van der Waals surface area contributed by atoms with Crippen molar-refractivity contribution in [3.63, 3.8) is 0 Å². The molecule has 2 aromatic rings. The first kappa shape index (κ1) is 16.6. The first-order chi connectivity index (χ1) is 9.67. The van der Waals surface area contributed by atoms with Gasteiger partial charge in [0, 0.05) is 26.0 Å². The highest BCUT2D eigenvalue weighted by molar-refractivity contribution is 9.11. The second-order valence-electron chi connectivity index (χ2n) is 4.43. The normalized spacial score (nSPS) is 12.6. The summed E-state index contributed by atoms with van der Waals surface area (Å²) in [6, 6.07) is 13.3. The smallest absolute Gasteiger partial charge is 0.0701 e. The minimum atomic E-state index is 0.509. The van der Waals surface area contributed by atoms with Gasteiger partial charge in [0.2, 0.25) is 0 Å². The van der Waals surface area contributed by atoms with Crippen LogP contribution in [0.25, 0.3) is 0 Å². The lowest BCUT2D eigenvalue weighted by atomic mass is 10.2. The van der Waals surface area contributed by atoms with Gasteiger partial charge in [0.15, 0.2) is 0 Å². The molecule has 0 spiro atoms. The van der Waals surface area contributed by atoms with Crippen molar-refractivity contribution >= 4 is 55.0 Å². The second-order valence-corrected chi connectivity index (χ2v) is 8.99. The maximum atomic E-state index is 3.58. The first-order valence-corrected chi connectivity index (χ1v) is 9.92. The van der Waals surface area contributed by atoms with Crippen LogP contribution in [0.15, 0.2) is 49.6 Å². The SMILES string of the molecule is CCNC(CSc1cccc(Br)c1)Cc1ccc(Br)s1. The monoisotopic (exact) mass is 433 g/mol. The van der Waals surface area contributed by atoms with Gasteiger partial charge in [-0.05, 0) is 59.2 Å². The molecule has 1 aromatic carbocycles. The van der Waals surface area contributed by atoms with Crippen molar-refractivity contribution in [3.05, 3.63) is 49.5 Å². The molecule has 0 aliphatic carbocycles. The number of hydrogen-bond acceptors (Lipinski definition) is 3. The van der Waals surface area contributed by atoms with Crippen LogP contribution >= 0.6 is 55.0 Å². The van der Waals surface area contributed by atoms with Crippen LogP contribution in [0.3, 0.4) is 0 Å². The molecule has 1 N–H and O–H groups in total. The van der Waals surface area contributed by atoms with Crippen LogP contribution in [0.1, 0.15) is 11.8 Å². The molecule has 0 amide bonds. The van der Waals surface area contributed by atoms with Gasteiger partial charge in [-0.25, -0.2) is 0 Å². The highest BCUT2D eigenvalue weighted by Gasteiger charge is 2.11. The summed E-state index contributed by atoms with van der Waals surface area (Å²) >= 11 is 10.8. The molecule has 1 aromatic heterocycles. The van der Waals surface area contributed by atoms with Gasteiger partial charge in [0.1, 0.15) is 0 Å². The van der Waals surface area contributed by atoms with Crippen LogP contribution in [-0.2, 0) is 6.42 Å². The Morgan fingerprint density at radius 3 is 2.75 bits per heavy atom.